The molecule has 3 aliphatic rings. The van der Waals surface area contributed by atoms with E-state index in [1.165, 1.54) is 5.56 Å². The van der Waals surface area contributed by atoms with Gasteiger partial charge in [-0.15, -0.1) is 0 Å². The molecule has 0 radical (unpaired) electrons. The highest BCUT2D eigenvalue weighted by molar-refractivity contribution is 6.04. The highest BCUT2D eigenvalue weighted by Crippen LogP contribution is 2.51. The molecule has 1 aliphatic heterocycles. The molecule has 1 saturated carbocycles. The Bertz CT molecular complexity index is 1360. The van der Waals surface area contributed by atoms with Gasteiger partial charge in [0, 0.05) is 18.7 Å². The maximum atomic E-state index is 13.3. The first-order chi connectivity index (χ1) is 19.3. The van der Waals surface area contributed by atoms with E-state index in [2.05, 4.69) is 13.0 Å². The van der Waals surface area contributed by atoms with E-state index in [4.69, 9.17) is 14.2 Å². The number of rotatable bonds is 5. The van der Waals surface area contributed by atoms with Gasteiger partial charge in [0.05, 0.1) is 17.8 Å². The fourth-order valence-corrected chi connectivity index (χ4v) is 6.58. The second-order valence-corrected chi connectivity index (χ2v) is 13.4. The number of carbonyl (C=O) groups excluding carboxylic acids is 2. The quantitative estimate of drug-likeness (QED) is 0.285. The van der Waals surface area contributed by atoms with Crippen LogP contribution in [0.3, 0.4) is 0 Å². The van der Waals surface area contributed by atoms with Gasteiger partial charge in [-0.1, -0.05) is 23.8 Å². The van der Waals surface area contributed by atoms with Crippen LogP contribution in [0.2, 0.25) is 0 Å². The zero-order valence-electron chi connectivity index (χ0n) is 25.5. The smallest absolute Gasteiger partial charge is 0.413 e. The van der Waals surface area contributed by atoms with Gasteiger partial charge in [-0.3, -0.25) is 9.69 Å². The molecular weight excluding hydrogens is 516 g/mol. The zero-order valence-corrected chi connectivity index (χ0v) is 25.5. The Morgan fingerprint density at radius 3 is 2.46 bits per heavy atom. The van der Waals surface area contributed by atoms with E-state index in [-0.39, 0.29) is 23.9 Å². The van der Waals surface area contributed by atoms with Crippen molar-refractivity contribution in [3.05, 3.63) is 77.2 Å². The number of allylic oxidation sites excluding steroid dienone is 3. The minimum atomic E-state index is -0.740. The fraction of sp³-hybridized carbons (Fsp3) is 0.529. The van der Waals surface area contributed by atoms with E-state index in [1.807, 2.05) is 93.6 Å². The molecule has 220 valence electrons. The summed E-state index contributed by atoms with van der Waals surface area (Å²) in [5, 5.41) is 0. The van der Waals surface area contributed by atoms with Crippen molar-refractivity contribution in [3.8, 4) is 5.75 Å². The van der Waals surface area contributed by atoms with Crippen LogP contribution in [0, 0.1) is 6.92 Å². The van der Waals surface area contributed by atoms with Gasteiger partial charge in [-0.05, 0) is 116 Å². The number of nitrogens with zero attached hydrogens (tertiary/aromatic N) is 2. The van der Waals surface area contributed by atoms with E-state index in [0.29, 0.717) is 12.3 Å². The molecular formula is C34H44N2O5. The first-order valence-electron chi connectivity index (χ1n) is 14.8. The highest BCUT2D eigenvalue weighted by atomic mass is 16.6. The molecule has 3 atom stereocenters. The van der Waals surface area contributed by atoms with Crippen molar-refractivity contribution in [2.75, 3.05) is 6.61 Å². The van der Waals surface area contributed by atoms with Gasteiger partial charge >= 0.3 is 6.09 Å². The molecule has 1 aromatic heterocycles. The molecule has 1 amide bonds. The van der Waals surface area contributed by atoms with Gasteiger partial charge in [0.2, 0.25) is 5.78 Å². The predicted molar refractivity (Wildman–Crippen MR) is 159 cm³/mol. The average Bonchev–Trinajstić information content (AvgIpc) is 3.55. The van der Waals surface area contributed by atoms with Crippen molar-refractivity contribution in [3.63, 3.8) is 0 Å². The topological polar surface area (TPSA) is 70.0 Å². The van der Waals surface area contributed by atoms with Crippen molar-refractivity contribution < 1.29 is 23.8 Å². The molecule has 2 aliphatic carbocycles. The van der Waals surface area contributed by atoms with Crippen LogP contribution in [0.4, 0.5) is 4.79 Å². The molecule has 1 saturated heterocycles. The van der Waals surface area contributed by atoms with Crippen molar-refractivity contribution >= 4 is 11.9 Å². The van der Waals surface area contributed by atoms with E-state index >= 15 is 0 Å². The van der Waals surface area contributed by atoms with Crippen LogP contribution in [-0.2, 0) is 16.5 Å². The Kier molecular flexibility index (Phi) is 7.70. The lowest BCUT2D eigenvalue weighted by atomic mass is 9.93. The normalized spacial score (nSPS) is 26.6. The molecule has 2 fully saturated rings. The van der Waals surface area contributed by atoms with Crippen LogP contribution >= 0.6 is 0 Å². The zero-order chi connectivity index (χ0) is 29.6. The van der Waals surface area contributed by atoms with Crippen LogP contribution in [-0.4, -0.2) is 50.9 Å². The number of hydrogen-bond acceptors (Lipinski definition) is 5. The number of amides is 1. The minimum absolute atomic E-state index is 0.00438. The summed E-state index contributed by atoms with van der Waals surface area (Å²) in [5.74, 6) is 1.08. The van der Waals surface area contributed by atoms with Crippen LogP contribution in [0.5, 0.6) is 5.75 Å². The number of carbonyl (C=O) groups is 2. The van der Waals surface area contributed by atoms with Crippen molar-refractivity contribution in [2.24, 2.45) is 7.05 Å². The molecule has 0 N–H and O–H groups in total. The Balaban J connectivity index is 1.26. The van der Waals surface area contributed by atoms with Crippen molar-refractivity contribution in [1.29, 1.82) is 0 Å². The largest absolute Gasteiger partial charge is 0.486 e. The lowest BCUT2D eigenvalue weighted by Gasteiger charge is -2.40. The Morgan fingerprint density at radius 1 is 1.07 bits per heavy atom. The second-order valence-electron chi connectivity index (χ2n) is 13.4. The Labute approximate surface area is 244 Å². The number of ketones is 1. The molecule has 0 unspecified atom stereocenters. The first kappa shape index (κ1) is 29.2. The Hall–Kier alpha value is -3.32. The van der Waals surface area contributed by atoms with Gasteiger partial charge in [0.15, 0.2) is 0 Å². The molecule has 5 rings (SSSR count). The number of aryl methyl sites for hydroxylation is 1. The van der Waals surface area contributed by atoms with E-state index < -0.39 is 16.9 Å². The molecule has 1 aromatic carbocycles. The maximum Gasteiger partial charge on any atom is 0.413 e. The monoisotopic (exact) mass is 560 g/mol. The third-order valence-electron chi connectivity index (χ3n) is 8.57. The number of benzene rings is 1. The number of aromatic nitrogens is 1. The van der Waals surface area contributed by atoms with E-state index in [1.54, 1.807) is 6.08 Å². The van der Waals surface area contributed by atoms with Crippen LogP contribution < -0.4 is 4.74 Å². The summed E-state index contributed by atoms with van der Waals surface area (Å²) >= 11 is 0. The number of ether oxygens (including phenoxy) is 3. The number of hydrogen-bond donors (Lipinski definition) is 0. The standard InChI is InChI=1S/C34H44N2O5/c1-23-8-12-26(13-9-23)40-27-14-10-24(11-15-27)20-30(37)29-17-16-28(35(29)7)25-18-19-34(21-25)22-39-33(5,6)36(34)31(38)41-32(2,3)4/h8-10,12-14,16-17,20,25,27H,11,15,18-19,21-22H2,1-7H3/b24-20-/t25-,27+,34+/m0/s1. The van der Waals surface area contributed by atoms with Crippen LogP contribution in [0.25, 0.3) is 0 Å². The summed E-state index contributed by atoms with van der Waals surface area (Å²) < 4.78 is 20.1. The third-order valence-corrected chi connectivity index (χ3v) is 8.57. The minimum Gasteiger partial charge on any atom is -0.486 e. The van der Waals surface area contributed by atoms with Gasteiger partial charge in [-0.25, -0.2) is 4.79 Å². The molecule has 2 aromatic rings. The summed E-state index contributed by atoms with van der Waals surface area (Å²) in [5.41, 5.74) is 2.26. The molecule has 0 bridgehead atoms. The summed E-state index contributed by atoms with van der Waals surface area (Å²) in [6, 6.07) is 12.1. The lowest BCUT2D eigenvalue weighted by molar-refractivity contribution is -0.0688. The summed E-state index contributed by atoms with van der Waals surface area (Å²) in [4.78, 5) is 28.5. The maximum absolute atomic E-state index is 13.3. The van der Waals surface area contributed by atoms with E-state index in [9.17, 15) is 9.59 Å². The molecule has 7 nitrogen and oxygen atoms in total. The van der Waals surface area contributed by atoms with Gasteiger partial charge in [-0.2, -0.15) is 0 Å². The summed E-state index contributed by atoms with van der Waals surface area (Å²) in [7, 11) is 1.97. The van der Waals surface area contributed by atoms with Gasteiger partial charge < -0.3 is 18.8 Å². The SMILES string of the molecule is Cc1ccc(O[C@@H]2C=C/C(=C/C(=O)c3ccc([C@H]4CC[C@]5(COC(C)(C)N5C(=O)OC(C)(C)C)C4)n3C)CC2)cc1. The average molecular weight is 561 g/mol. The summed E-state index contributed by atoms with van der Waals surface area (Å²) in [6.07, 6.45) is 9.62. The van der Waals surface area contributed by atoms with Crippen molar-refractivity contribution in [1.82, 2.24) is 9.47 Å². The van der Waals surface area contributed by atoms with Crippen molar-refractivity contribution in [2.45, 2.75) is 103 Å². The Morgan fingerprint density at radius 2 is 1.80 bits per heavy atom. The third kappa shape index (κ3) is 6.15. The lowest BCUT2D eigenvalue weighted by Crippen LogP contribution is -2.55. The van der Waals surface area contributed by atoms with Gasteiger partial charge in [0.25, 0.3) is 0 Å². The summed E-state index contributed by atoms with van der Waals surface area (Å²) in [6.45, 7) is 12.1. The van der Waals surface area contributed by atoms with Gasteiger partial charge in [0.1, 0.15) is 23.2 Å². The fourth-order valence-electron chi connectivity index (χ4n) is 6.58. The van der Waals surface area contributed by atoms with Crippen LogP contribution in [0.1, 0.15) is 94.4 Å². The molecule has 41 heavy (non-hydrogen) atoms. The second kappa shape index (κ2) is 10.8. The molecule has 7 heteroatoms. The predicted octanol–water partition coefficient (Wildman–Crippen LogP) is 7.25. The van der Waals surface area contributed by atoms with Crippen LogP contribution in [0.15, 0.2) is 60.2 Å². The molecule has 2 heterocycles. The van der Waals surface area contributed by atoms with E-state index in [0.717, 1.165) is 49.1 Å². The first-order valence-corrected chi connectivity index (χ1v) is 14.8. The highest BCUT2D eigenvalue weighted by Gasteiger charge is 2.58. The molecule has 1 spiro atoms.